The highest BCUT2D eigenvalue weighted by Gasteiger charge is 2.18. The van der Waals surface area contributed by atoms with Crippen molar-refractivity contribution in [3.05, 3.63) is 58.0 Å². The van der Waals surface area contributed by atoms with Crippen LogP contribution in [0.3, 0.4) is 0 Å². The minimum Gasteiger partial charge on any atom is -0.389 e. The molecule has 0 spiro atoms. The van der Waals surface area contributed by atoms with Crippen LogP contribution in [0.25, 0.3) is 11.3 Å². The van der Waals surface area contributed by atoms with E-state index in [2.05, 4.69) is 22.5 Å². The fourth-order valence-electron chi connectivity index (χ4n) is 2.78. The lowest BCUT2D eigenvalue weighted by atomic mass is 9.97. The van der Waals surface area contributed by atoms with Gasteiger partial charge in [-0.15, -0.1) is 0 Å². The third kappa shape index (κ3) is 3.39. The van der Waals surface area contributed by atoms with Crippen LogP contribution in [-0.4, -0.2) is 19.3 Å². The molecule has 6 heteroatoms. The Hall–Kier alpha value is -2.05. The van der Waals surface area contributed by atoms with E-state index >= 15 is 0 Å². The molecule has 1 N–H and O–H groups in total. The summed E-state index contributed by atoms with van der Waals surface area (Å²) in [7, 11) is 1.86. The number of aliphatic hydroxyl groups is 1. The summed E-state index contributed by atoms with van der Waals surface area (Å²) >= 11 is 1.50. The first-order valence-electron chi connectivity index (χ1n) is 7.92. The molecule has 3 rings (SSSR count). The molecule has 2 heterocycles. The van der Waals surface area contributed by atoms with Gasteiger partial charge < -0.3 is 5.11 Å². The van der Waals surface area contributed by atoms with Crippen LogP contribution >= 0.6 is 11.5 Å². The van der Waals surface area contributed by atoms with Gasteiger partial charge in [-0.2, -0.15) is 9.47 Å². The molecule has 2 aromatic heterocycles. The third-order valence-corrected chi connectivity index (χ3v) is 4.78. The fourth-order valence-corrected chi connectivity index (χ4v) is 3.61. The molecule has 4 nitrogen and oxygen atoms in total. The zero-order valence-corrected chi connectivity index (χ0v) is 14.8. The second kappa shape index (κ2) is 6.83. The quantitative estimate of drug-likeness (QED) is 0.763. The maximum atomic E-state index is 13.6. The molecule has 0 radical (unpaired) electrons. The van der Waals surface area contributed by atoms with Crippen molar-refractivity contribution >= 4 is 11.5 Å². The van der Waals surface area contributed by atoms with Gasteiger partial charge in [0.2, 0.25) is 0 Å². The lowest BCUT2D eigenvalue weighted by molar-refractivity contribution is 0.199. The third-order valence-electron chi connectivity index (χ3n) is 3.96. The van der Waals surface area contributed by atoms with Crippen molar-refractivity contribution in [1.29, 1.82) is 0 Å². The number of nitrogens with zero attached hydrogens (tertiary/aromatic N) is 3. The zero-order valence-electron chi connectivity index (χ0n) is 14.0. The highest BCUT2D eigenvalue weighted by atomic mass is 32.1. The summed E-state index contributed by atoms with van der Waals surface area (Å²) in [4.78, 5) is 1.17. The smallest absolute Gasteiger partial charge is 0.123 e. The Morgan fingerprint density at radius 2 is 2.12 bits per heavy atom. The summed E-state index contributed by atoms with van der Waals surface area (Å²) in [6.45, 7) is 3.72. The van der Waals surface area contributed by atoms with E-state index in [1.165, 1.54) is 28.5 Å². The van der Waals surface area contributed by atoms with E-state index in [0.717, 1.165) is 35.4 Å². The molecule has 1 atom stereocenters. The van der Waals surface area contributed by atoms with Gasteiger partial charge in [0, 0.05) is 35.7 Å². The average molecular weight is 345 g/mol. The van der Waals surface area contributed by atoms with Crippen LogP contribution in [0.5, 0.6) is 0 Å². The number of aromatic nitrogens is 3. The van der Waals surface area contributed by atoms with Gasteiger partial charge in [-0.25, -0.2) is 4.39 Å². The second-order valence-corrected chi connectivity index (χ2v) is 6.79. The van der Waals surface area contributed by atoms with E-state index in [1.807, 2.05) is 13.2 Å². The Morgan fingerprint density at radius 1 is 1.33 bits per heavy atom. The highest BCUT2D eigenvalue weighted by molar-refractivity contribution is 7.05. The molecule has 0 saturated carbocycles. The van der Waals surface area contributed by atoms with Crippen molar-refractivity contribution in [2.24, 2.45) is 7.05 Å². The topological polar surface area (TPSA) is 50.9 Å². The number of halogens is 1. The maximum absolute atomic E-state index is 13.6. The number of hydrogen-bond donors (Lipinski definition) is 1. The monoisotopic (exact) mass is 345 g/mol. The SMILES string of the molecule is CCc1cc(Cc2cn(C)nc2-c2ccc(F)cc2[C@@H](C)O)sn1. The number of hydrogen-bond acceptors (Lipinski definition) is 4. The number of aliphatic hydroxyl groups excluding tert-OH is 1. The molecule has 24 heavy (non-hydrogen) atoms. The van der Waals surface area contributed by atoms with Crippen molar-refractivity contribution in [1.82, 2.24) is 14.2 Å². The largest absolute Gasteiger partial charge is 0.389 e. The van der Waals surface area contributed by atoms with Gasteiger partial charge in [-0.1, -0.05) is 6.92 Å². The molecule has 0 aliphatic carbocycles. The van der Waals surface area contributed by atoms with Crippen LogP contribution < -0.4 is 0 Å². The molecule has 0 aliphatic rings. The van der Waals surface area contributed by atoms with Gasteiger partial charge in [-0.05, 0) is 54.7 Å². The van der Waals surface area contributed by atoms with Gasteiger partial charge in [-0.3, -0.25) is 4.68 Å². The van der Waals surface area contributed by atoms with Crippen LogP contribution in [0, 0.1) is 5.82 Å². The van der Waals surface area contributed by atoms with Crippen LogP contribution in [0.2, 0.25) is 0 Å². The number of rotatable bonds is 5. The van der Waals surface area contributed by atoms with E-state index in [9.17, 15) is 9.50 Å². The molecule has 0 unspecified atom stereocenters. The lowest BCUT2D eigenvalue weighted by Gasteiger charge is -2.12. The predicted molar refractivity (Wildman–Crippen MR) is 93.5 cm³/mol. The summed E-state index contributed by atoms with van der Waals surface area (Å²) < 4.78 is 19.7. The molecular formula is C18H20FN3OS. The molecule has 0 bridgehead atoms. The Kier molecular flexibility index (Phi) is 4.78. The van der Waals surface area contributed by atoms with Crippen molar-refractivity contribution in [2.45, 2.75) is 32.8 Å². The van der Waals surface area contributed by atoms with Crippen molar-refractivity contribution in [3.63, 3.8) is 0 Å². The summed E-state index contributed by atoms with van der Waals surface area (Å²) in [6.07, 6.45) is 2.84. The minimum atomic E-state index is -0.763. The van der Waals surface area contributed by atoms with E-state index in [0.29, 0.717) is 5.56 Å². The Bertz CT molecular complexity index is 854. The maximum Gasteiger partial charge on any atom is 0.123 e. The molecule has 0 fully saturated rings. The molecule has 0 amide bonds. The normalized spacial score (nSPS) is 12.5. The molecule has 126 valence electrons. The first-order valence-corrected chi connectivity index (χ1v) is 8.70. The van der Waals surface area contributed by atoms with E-state index in [4.69, 9.17) is 0 Å². The summed E-state index contributed by atoms with van der Waals surface area (Å²) in [5.41, 5.74) is 4.22. The molecule has 3 aromatic rings. The van der Waals surface area contributed by atoms with Crippen molar-refractivity contribution < 1.29 is 9.50 Å². The lowest BCUT2D eigenvalue weighted by Crippen LogP contribution is -1.99. The Balaban J connectivity index is 2.03. The van der Waals surface area contributed by atoms with Gasteiger partial charge >= 0.3 is 0 Å². The summed E-state index contributed by atoms with van der Waals surface area (Å²) in [5.74, 6) is -0.359. The fraction of sp³-hybridized carbons (Fsp3) is 0.333. The minimum absolute atomic E-state index is 0.359. The highest BCUT2D eigenvalue weighted by Crippen LogP contribution is 2.32. The average Bonchev–Trinajstić information content (AvgIpc) is 3.14. The van der Waals surface area contributed by atoms with Crippen LogP contribution in [0.15, 0.2) is 30.5 Å². The Morgan fingerprint density at radius 3 is 2.79 bits per heavy atom. The second-order valence-electron chi connectivity index (χ2n) is 5.90. The molecule has 0 saturated heterocycles. The molecular weight excluding hydrogens is 325 g/mol. The predicted octanol–water partition coefficient (Wildman–Crippen LogP) is 3.89. The van der Waals surface area contributed by atoms with Crippen LogP contribution in [0.4, 0.5) is 4.39 Å². The van der Waals surface area contributed by atoms with Crippen molar-refractivity contribution in [3.8, 4) is 11.3 Å². The van der Waals surface area contributed by atoms with Crippen molar-refractivity contribution in [2.75, 3.05) is 0 Å². The zero-order chi connectivity index (χ0) is 17.3. The van der Waals surface area contributed by atoms with Gasteiger partial charge in [0.1, 0.15) is 5.82 Å². The first kappa shape index (κ1) is 16.8. The molecule has 1 aromatic carbocycles. The first-order chi connectivity index (χ1) is 11.5. The Labute approximate surface area is 144 Å². The number of benzene rings is 1. The van der Waals surface area contributed by atoms with E-state index < -0.39 is 6.10 Å². The number of aryl methyl sites for hydroxylation is 2. The van der Waals surface area contributed by atoms with E-state index in [1.54, 1.807) is 17.7 Å². The molecule has 0 aliphatic heterocycles. The van der Waals surface area contributed by atoms with E-state index in [-0.39, 0.29) is 5.82 Å². The summed E-state index contributed by atoms with van der Waals surface area (Å²) in [5, 5.41) is 14.5. The van der Waals surface area contributed by atoms with Gasteiger partial charge in [0.05, 0.1) is 17.5 Å². The summed E-state index contributed by atoms with van der Waals surface area (Å²) in [6, 6.07) is 6.58. The van der Waals surface area contributed by atoms with Gasteiger partial charge in [0.25, 0.3) is 0 Å². The van der Waals surface area contributed by atoms with Crippen LogP contribution in [-0.2, 0) is 19.9 Å². The standard InChI is InChI=1S/C18H20FN3OS/c1-4-14-9-15(24-21-14)7-12-10-22(3)20-18(12)16-6-5-13(19)8-17(16)11(2)23/h5-6,8-11,23H,4,7H2,1-3H3/t11-/m1/s1. The van der Waals surface area contributed by atoms with Gasteiger partial charge in [0.15, 0.2) is 0 Å². The van der Waals surface area contributed by atoms with Crippen LogP contribution in [0.1, 0.15) is 41.6 Å².